The van der Waals surface area contributed by atoms with Gasteiger partial charge < -0.3 is 10.1 Å². The summed E-state index contributed by atoms with van der Waals surface area (Å²) >= 11 is 1.54. The van der Waals surface area contributed by atoms with Gasteiger partial charge in [0.1, 0.15) is 0 Å². The molecule has 4 nitrogen and oxygen atoms in total. The number of aryl methyl sites for hydroxylation is 1. The third kappa shape index (κ3) is 2.08. The molecule has 1 spiro atoms. The number of nitrogens with zero attached hydrogens (tertiary/aromatic N) is 2. The Morgan fingerprint density at radius 1 is 1.50 bits per heavy atom. The van der Waals surface area contributed by atoms with Crippen LogP contribution in [0.4, 0.5) is 0 Å². The van der Waals surface area contributed by atoms with E-state index < -0.39 is 0 Å². The van der Waals surface area contributed by atoms with E-state index in [1.54, 1.807) is 0 Å². The molecular formula is C13H21N3OS. The smallest absolute Gasteiger partial charge is 0.0772 e. The van der Waals surface area contributed by atoms with Crippen molar-refractivity contribution in [3.63, 3.8) is 0 Å². The lowest BCUT2D eigenvalue weighted by atomic mass is 9.70. The number of rotatable bonds is 3. The van der Waals surface area contributed by atoms with E-state index in [-0.39, 0.29) is 5.60 Å². The molecule has 2 heterocycles. The highest BCUT2D eigenvalue weighted by molar-refractivity contribution is 7.05. The summed E-state index contributed by atoms with van der Waals surface area (Å²) in [6.07, 6.45) is 6.16. The summed E-state index contributed by atoms with van der Waals surface area (Å²) in [4.78, 5) is 1.30. The van der Waals surface area contributed by atoms with Gasteiger partial charge >= 0.3 is 0 Å². The fourth-order valence-corrected chi connectivity index (χ4v) is 4.22. The van der Waals surface area contributed by atoms with Gasteiger partial charge in [0.25, 0.3) is 0 Å². The van der Waals surface area contributed by atoms with Crippen molar-refractivity contribution in [3.05, 3.63) is 10.6 Å². The fraction of sp³-hybridized carbons (Fsp3) is 0.846. The van der Waals surface area contributed by atoms with Crippen molar-refractivity contribution >= 4 is 11.5 Å². The van der Waals surface area contributed by atoms with Gasteiger partial charge in [0.05, 0.1) is 16.2 Å². The van der Waals surface area contributed by atoms with E-state index in [9.17, 15) is 0 Å². The summed E-state index contributed by atoms with van der Waals surface area (Å²) in [6.45, 7) is 2.97. The summed E-state index contributed by atoms with van der Waals surface area (Å²) in [6, 6.07) is 0.395. The molecule has 0 radical (unpaired) electrons. The Morgan fingerprint density at radius 3 is 2.89 bits per heavy atom. The van der Waals surface area contributed by atoms with Crippen LogP contribution in [0.2, 0.25) is 0 Å². The quantitative estimate of drug-likeness (QED) is 0.914. The van der Waals surface area contributed by atoms with Gasteiger partial charge in [0, 0.05) is 12.6 Å². The van der Waals surface area contributed by atoms with Gasteiger partial charge in [-0.1, -0.05) is 4.49 Å². The third-order valence-corrected chi connectivity index (χ3v) is 5.46. The van der Waals surface area contributed by atoms with E-state index in [0.29, 0.717) is 12.0 Å². The van der Waals surface area contributed by atoms with Crippen LogP contribution in [0, 0.1) is 12.8 Å². The predicted octanol–water partition coefficient (Wildman–Crippen LogP) is 2.46. The Balaban J connectivity index is 1.77. The predicted molar refractivity (Wildman–Crippen MR) is 71.7 cm³/mol. The van der Waals surface area contributed by atoms with E-state index in [4.69, 9.17) is 4.74 Å². The molecule has 100 valence electrons. The highest BCUT2D eigenvalue weighted by atomic mass is 32.1. The Morgan fingerprint density at radius 2 is 2.33 bits per heavy atom. The first-order valence-corrected chi connectivity index (χ1v) is 7.61. The molecule has 2 aliphatic rings. The molecule has 1 aromatic rings. The SMILES string of the molecule is CNC(c1snnc1C)C1CCOC2(CCC2)C1. The largest absolute Gasteiger partial charge is 0.375 e. The maximum absolute atomic E-state index is 6.02. The average molecular weight is 267 g/mol. The molecule has 1 saturated heterocycles. The minimum Gasteiger partial charge on any atom is -0.375 e. The van der Waals surface area contributed by atoms with Crippen LogP contribution in [-0.4, -0.2) is 28.8 Å². The molecule has 2 fully saturated rings. The maximum Gasteiger partial charge on any atom is 0.0772 e. The zero-order valence-electron chi connectivity index (χ0n) is 11.1. The molecule has 1 aromatic heterocycles. The molecule has 1 saturated carbocycles. The topological polar surface area (TPSA) is 47.0 Å². The van der Waals surface area contributed by atoms with Gasteiger partial charge in [0.2, 0.25) is 0 Å². The van der Waals surface area contributed by atoms with Crippen molar-refractivity contribution in [2.45, 2.75) is 50.7 Å². The molecule has 1 N–H and O–H groups in total. The second-order valence-corrected chi connectivity index (χ2v) is 6.41. The standard InChI is InChI=1S/C13H21N3OS/c1-9-12(18-16-15-9)11(14-2)10-4-7-17-13(8-10)5-3-6-13/h10-11,14H,3-8H2,1-2H3. The zero-order valence-corrected chi connectivity index (χ0v) is 11.9. The third-order valence-electron chi connectivity index (χ3n) is 4.55. The number of ether oxygens (including phenoxy) is 1. The monoisotopic (exact) mass is 267 g/mol. The van der Waals surface area contributed by atoms with Crippen molar-refractivity contribution in [1.82, 2.24) is 14.9 Å². The zero-order chi connectivity index (χ0) is 12.6. The van der Waals surface area contributed by atoms with Crippen molar-refractivity contribution in [3.8, 4) is 0 Å². The summed E-state index contributed by atoms with van der Waals surface area (Å²) in [5.41, 5.74) is 1.29. The first-order chi connectivity index (χ1) is 8.74. The van der Waals surface area contributed by atoms with Crippen molar-refractivity contribution in [1.29, 1.82) is 0 Å². The minimum atomic E-state index is 0.212. The first kappa shape index (κ1) is 12.5. The average Bonchev–Trinajstić information content (AvgIpc) is 2.75. The Bertz CT molecular complexity index is 416. The molecule has 1 aliphatic heterocycles. The first-order valence-electron chi connectivity index (χ1n) is 6.84. The van der Waals surface area contributed by atoms with Crippen LogP contribution in [-0.2, 0) is 4.74 Å². The van der Waals surface area contributed by atoms with Gasteiger partial charge in [-0.25, -0.2) is 0 Å². The lowest BCUT2D eigenvalue weighted by Gasteiger charge is -2.48. The lowest BCUT2D eigenvalue weighted by molar-refractivity contribution is -0.147. The summed E-state index contributed by atoms with van der Waals surface area (Å²) in [5, 5.41) is 7.62. The van der Waals surface area contributed by atoms with Crippen LogP contribution >= 0.6 is 11.5 Å². The van der Waals surface area contributed by atoms with Crippen LogP contribution in [0.3, 0.4) is 0 Å². The molecule has 0 amide bonds. The second-order valence-electron chi connectivity index (χ2n) is 5.63. The molecule has 5 heteroatoms. The Hall–Kier alpha value is -0.520. The van der Waals surface area contributed by atoms with Crippen LogP contribution < -0.4 is 5.32 Å². The maximum atomic E-state index is 6.02. The lowest BCUT2D eigenvalue weighted by Crippen LogP contribution is -2.47. The van der Waals surface area contributed by atoms with Gasteiger partial charge in [0.15, 0.2) is 0 Å². The van der Waals surface area contributed by atoms with Crippen molar-refractivity contribution < 1.29 is 4.74 Å². The molecule has 2 unspecified atom stereocenters. The molecular weight excluding hydrogens is 246 g/mol. The molecule has 0 bridgehead atoms. The van der Waals surface area contributed by atoms with Crippen LogP contribution in [0.5, 0.6) is 0 Å². The molecule has 18 heavy (non-hydrogen) atoms. The number of hydrogen-bond acceptors (Lipinski definition) is 5. The molecule has 0 aromatic carbocycles. The molecule has 1 aliphatic carbocycles. The number of nitrogens with one attached hydrogen (secondary N) is 1. The number of aromatic nitrogens is 2. The molecule has 3 rings (SSSR count). The normalized spacial score (nSPS) is 28.0. The number of hydrogen-bond donors (Lipinski definition) is 1. The Labute approximate surface area is 112 Å². The highest BCUT2D eigenvalue weighted by Crippen LogP contribution is 2.47. The van der Waals surface area contributed by atoms with E-state index in [2.05, 4.69) is 21.8 Å². The van der Waals surface area contributed by atoms with Crippen molar-refractivity contribution in [2.75, 3.05) is 13.7 Å². The van der Waals surface area contributed by atoms with Gasteiger partial charge in [-0.2, -0.15) is 0 Å². The summed E-state index contributed by atoms with van der Waals surface area (Å²) < 4.78 is 10.1. The second kappa shape index (κ2) is 4.87. The summed E-state index contributed by atoms with van der Waals surface area (Å²) in [5.74, 6) is 0.657. The van der Waals surface area contributed by atoms with Gasteiger partial charge in [-0.05, 0) is 63.5 Å². The fourth-order valence-electron chi connectivity index (χ4n) is 3.37. The van der Waals surface area contributed by atoms with Gasteiger partial charge in [-0.3, -0.25) is 0 Å². The van der Waals surface area contributed by atoms with Crippen LogP contribution in [0.1, 0.15) is 48.7 Å². The highest BCUT2D eigenvalue weighted by Gasteiger charge is 2.44. The van der Waals surface area contributed by atoms with Crippen LogP contribution in [0.15, 0.2) is 0 Å². The van der Waals surface area contributed by atoms with E-state index in [1.165, 1.54) is 42.1 Å². The van der Waals surface area contributed by atoms with Crippen molar-refractivity contribution in [2.24, 2.45) is 5.92 Å². The minimum absolute atomic E-state index is 0.212. The summed E-state index contributed by atoms with van der Waals surface area (Å²) in [7, 11) is 2.05. The van der Waals surface area contributed by atoms with E-state index in [1.807, 2.05) is 7.05 Å². The van der Waals surface area contributed by atoms with E-state index in [0.717, 1.165) is 18.7 Å². The Kier molecular flexibility index (Phi) is 3.38. The van der Waals surface area contributed by atoms with E-state index >= 15 is 0 Å². The molecule has 2 atom stereocenters. The van der Waals surface area contributed by atoms with Crippen LogP contribution in [0.25, 0.3) is 0 Å². The van der Waals surface area contributed by atoms with Gasteiger partial charge in [-0.15, -0.1) is 5.10 Å².